The Morgan fingerprint density at radius 3 is 1.17 bits per heavy atom. The summed E-state index contributed by atoms with van der Waals surface area (Å²) in [4.78, 5) is -0.513. The molecule has 0 saturated heterocycles. The fourth-order valence-corrected chi connectivity index (χ4v) is 9.34. The van der Waals surface area contributed by atoms with Crippen LogP contribution in [0.4, 0.5) is 52.7 Å². The van der Waals surface area contributed by atoms with E-state index < -0.39 is 56.8 Å². The maximum absolute atomic E-state index is 13.7. The summed E-state index contributed by atoms with van der Waals surface area (Å²) in [7, 11) is 1.62. The third-order valence-electron chi connectivity index (χ3n) is 6.40. The van der Waals surface area contributed by atoms with Gasteiger partial charge >= 0.3 is 24.7 Å². The molecule has 0 aliphatic carbocycles. The Labute approximate surface area is 264 Å². The van der Waals surface area contributed by atoms with E-state index in [1.807, 2.05) is 0 Å². The normalized spacial score (nSPS) is 14.4. The van der Waals surface area contributed by atoms with Crippen LogP contribution in [0.2, 0.25) is 0 Å². The van der Waals surface area contributed by atoms with Gasteiger partial charge in [0, 0.05) is 36.3 Å². The molecule has 0 radical (unpaired) electrons. The van der Waals surface area contributed by atoms with Crippen LogP contribution in [0.3, 0.4) is 0 Å². The van der Waals surface area contributed by atoms with Gasteiger partial charge in [-0.3, -0.25) is 0 Å². The average molecular weight is 732 g/mol. The zero-order valence-corrected chi connectivity index (χ0v) is 25.2. The van der Waals surface area contributed by atoms with E-state index in [0.717, 1.165) is 34.8 Å². The number of fused-ring (bicyclic) bond motifs is 3. The van der Waals surface area contributed by atoms with Crippen LogP contribution in [0.15, 0.2) is 47.5 Å². The summed E-state index contributed by atoms with van der Waals surface area (Å²) in [6, 6.07) is 8.46. The van der Waals surface area contributed by atoms with Gasteiger partial charge in [0.15, 0.2) is 0 Å². The van der Waals surface area contributed by atoms with Gasteiger partial charge < -0.3 is 4.57 Å². The van der Waals surface area contributed by atoms with Gasteiger partial charge in [-0.25, -0.2) is 0 Å². The van der Waals surface area contributed by atoms with Gasteiger partial charge in [0.1, 0.15) is 23.3 Å². The Kier molecular flexibility index (Phi) is 8.16. The van der Waals surface area contributed by atoms with Gasteiger partial charge in [0.2, 0.25) is 0 Å². The van der Waals surface area contributed by atoms with Crippen LogP contribution in [-0.4, -0.2) is 29.3 Å². The fourth-order valence-electron chi connectivity index (χ4n) is 4.50. The summed E-state index contributed by atoms with van der Waals surface area (Å²) in [5, 5.41) is 17.7. The van der Waals surface area contributed by atoms with Crippen LogP contribution in [0.5, 0.6) is 0 Å². The maximum atomic E-state index is 13.7. The zero-order chi connectivity index (χ0) is 34.1. The summed E-state index contributed by atoms with van der Waals surface area (Å²) in [6.45, 7) is 0. The molecule has 0 unspecified atom stereocenters. The maximum Gasteiger partial charge on any atom is 0.426 e. The molecule has 5 aromatic rings. The Morgan fingerprint density at radius 2 is 0.891 bits per heavy atom. The Hall–Kier alpha value is -3.78. The number of rotatable bonds is 4. The molecule has 5 heterocycles. The lowest BCUT2D eigenvalue weighted by molar-refractivity contribution is -0.0974. The standard InChI is InChI=1S/C27H9F12N3S4/c1-42-12-6-18(14-2-4-16(43-14)20(26(34,35)36)10(8-40)24(28,29)30)45-22(12)23-13(42)7-19(46-23)15-3-5-17(44-15)21(27(37,38)39)11(9-41)25(31,32)33/h2-7H,1H3/b20-10-,21-11-. The van der Waals surface area contributed by atoms with Crippen LogP contribution < -0.4 is 0 Å². The molecule has 0 amide bonds. The highest BCUT2D eigenvalue weighted by Gasteiger charge is 2.48. The third-order valence-corrected chi connectivity index (χ3v) is 11.4. The van der Waals surface area contributed by atoms with Crippen molar-refractivity contribution in [2.24, 2.45) is 7.05 Å². The lowest BCUT2D eigenvalue weighted by Gasteiger charge is -2.14. The second kappa shape index (κ2) is 11.2. The van der Waals surface area contributed by atoms with Crippen LogP contribution in [0.25, 0.3) is 51.1 Å². The number of aromatic nitrogens is 1. The van der Waals surface area contributed by atoms with Crippen molar-refractivity contribution in [3.05, 3.63) is 57.3 Å². The Morgan fingerprint density at radius 1 is 0.543 bits per heavy atom. The van der Waals surface area contributed by atoms with Crippen LogP contribution in [0.1, 0.15) is 9.75 Å². The number of hydrogen-bond acceptors (Lipinski definition) is 6. The van der Waals surface area contributed by atoms with Gasteiger partial charge in [0.05, 0.1) is 31.6 Å². The van der Waals surface area contributed by atoms with Gasteiger partial charge in [-0.05, 0) is 36.4 Å². The van der Waals surface area contributed by atoms with E-state index >= 15 is 0 Å². The van der Waals surface area contributed by atoms with Crippen molar-refractivity contribution in [1.29, 1.82) is 10.5 Å². The van der Waals surface area contributed by atoms with Gasteiger partial charge in [-0.2, -0.15) is 63.2 Å². The third kappa shape index (κ3) is 5.92. The van der Waals surface area contributed by atoms with Crippen molar-refractivity contribution < 1.29 is 52.7 Å². The molecule has 19 heteroatoms. The van der Waals surface area contributed by atoms with E-state index in [1.54, 1.807) is 23.7 Å². The lowest BCUT2D eigenvalue weighted by Crippen LogP contribution is -2.20. The fraction of sp³-hybridized carbons (Fsp3) is 0.185. The monoisotopic (exact) mass is 731 g/mol. The van der Waals surface area contributed by atoms with Gasteiger partial charge in [0.25, 0.3) is 0 Å². The number of aryl methyl sites for hydroxylation is 1. The van der Waals surface area contributed by atoms with E-state index in [0.29, 0.717) is 65.0 Å². The first kappa shape index (κ1) is 33.6. The molecule has 3 nitrogen and oxygen atoms in total. The number of halogens is 12. The van der Waals surface area contributed by atoms with E-state index in [9.17, 15) is 52.7 Å². The average Bonchev–Trinajstić information content (AvgIpc) is 3.72. The minimum atomic E-state index is -5.55. The highest BCUT2D eigenvalue weighted by Crippen LogP contribution is 2.51. The Bertz CT molecular complexity index is 1990. The first-order valence-electron chi connectivity index (χ1n) is 12.0. The molecule has 240 valence electrons. The topological polar surface area (TPSA) is 52.5 Å². The molecule has 0 N–H and O–H groups in total. The molecule has 0 aromatic carbocycles. The molecule has 5 aromatic heterocycles. The Balaban J connectivity index is 1.58. The molecule has 0 bridgehead atoms. The molecule has 0 aliphatic heterocycles. The van der Waals surface area contributed by atoms with Crippen LogP contribution in [0, 0.1) is 22.7 Å². The number of alkyl halides is 12. The molecule has 0 fully saturated rings. The predicted molar refractivity (Wildman–Crippen MR) is 152 cm³/mol. The minimum absolute atomic E-state index is 0.176. The summed E-state index contributed by atoms with van der Waals surface area (Å²) in [6.07, 6.45) is -22.1. The quantitative estimate of drug-likeness (QED) is 0.137. The summed E-state index contributed by atoms with van der Waals surface area (Å²) < 4.78 is 164. The number of allylic oxidation sites excluding steroid dienone is 4. The molecule has 0 atom stereocenters. The summed E-state index contributed by atoms with van der Waals surface area (Å²) in [5.74, 6) is 0. The van der Waals surface area contributed by atoms with Crippen LogP contribution in [-0.2, 0) is 7.05 Å². The molecule has 5 rings (SSSR count). The molecule has 0 spiro atoms. The second-order valence-electron chi connectivity index (χ2n) is 9.25. The van der Waals surface area contributed by atoms with E-state index in [1.165, 1.54) is 12.1 Å². The largest absolute Gasteiger partial charge is 0.426 e. The second-order valence-corrected chi connectivity index (χ2v) is 13.5. The molecule has 0 aliphatic rings. The predicted octanol–water partition coefficient (Wildman–Crippen LogP) is 11.7. The zero-order valence-electron chi connectivity index (χ0n) is 22.0. The van der Waals surface area contributed by atoms with Gasteiger partial charge in [-0.1, -0.05) is 0 Å². The van der Waals surface area contributed by atoms with Crippen LogP contribution >= 0.6 is 45.3 Å². The molecular weight excluding hydrogens is 723 g/mol. The first-order valence-corrected chi connectivity index (χ1v) is 15.2. The van der Waals surface area contributed by atoms with Crippen molar-refractivity contribution in [1.82, 2.24) is 4.57 Å². The highest BCUT2D eigenvalue weighted by molar-refractivity contribution is 7.32. The SMILES string of the molecule is Cn1c2cc(-c3ccc(/C(=C(\C#N)C(F)(F)F)C(F)(F)F)s3)sc2c2sc(-c3ccc(/C(=C(\C#N)C(F)(F)F)C(F)(F)F)s3)cc21. The van der Waals surface area contributed by atoms with Crippen molar-refractivity contribution in [3.63, 3.8) is 0 Å². The molecular formula is C27H9F12N3S4. The molecule has 46 heavy (non-hydrogen) atoms. The number of nitriles is 2. The van der Waals surface area contributed by atoms with Crippen molar-refractivity contribution in [2.75, 3.05) is 0 Å². The van der Waals surface area contributed by atoms with Crippen molar-refractivity contribution in [2.45, 2.75) is 24.7 Å². The summed E-state index contributed by atoms with van der Waals surface area (Å²) in [5.41, 5.74) is -7.81. The van der Waals surface area contributed by atoms with E-state index in [4.69, 9.17) is 10.5 Å². The highest BCUT2D eigenvalue weighted by atomic mass is 32.1. The molecule has 0 saturated carbocycles. The van der Waals surface area contributed by atoms with Gasteiger partial charge in [-0.15, -0.1) is 45.3 Å². The van der Waals surface area contributed by atoms with E-state index in [-0.39, 0.29) is 9.75 Å². The van der Waals surface area contributed by atoms with Crippen molar-refractivity contribution >= 4 is 76.9 Å². The lowest BCUT2D eigenvalue weighted by atomic mass is 10.1. The smallest absolute Gasteiger partial charge is 0.342 e. The number of thiophene rings is 4. The first-order chi connectivity index (χ1) is 21.2. The van der Waals surface area contributed by atoms with E-state index in [2.05, 4.69) is 0 Å². The summed E-state index contributed by atoms with van der Waals surface area (Å²) >= 11 is 2.98. The van der Waals surface area contributed by atoms with Crippen molar-refractivity contribution in [3.8, 4) is 31.6 Å². The number of nitrogens with zero attached hydrogens (tertiary/aromatic N) is 3. The number of hydrogen-bond donors (Lipinski definition) is 0. The minimum Gasteiger partial charge on any atom is -0.342 e.